The molecule has 0 fully saturated rings. The molecule has 0 aliphatic rings. The van der Waals surface area contributed by atoms with E-state index in [1.54, 1.807) is 18.0 Å². The Kier molecular flexibility index (Phi) is 4.90. The van der Waals surface area contributed by atoms with Crippen molar-refractivity contribution in [2.24, 2.45) is 0 Å². The van der Waals surface area contributed by atoms with Crippen LogP contribution in [0.4, 0.5) is 0 Å². The quantitative estimate of drug-likeness (QED) is 0.756. The number of aromatic nitrogens is 2. The Hall–Kier alpha value is -1.36. The molecule has 1 unspecified atom stereocenters. The topological polar surface area (TPSA) is 53.4 Å². The van der Waals surface area contributed by atoms with E-state index in [4.69, 9.17) is 9.47 Å². The lowest BCUT2D eigenvalue weighted by atomic mass is 10.1. The zero-order valence-electron chi connectivity index (χ0n) is 11.8. The van der Waals surface area contributed by atoms with Crippen molar-refractivity contribution in [3.05, 3.63) is 18.0 Å². The number of carbonyl (C=O) groups excluding carboxylic acids is 1. The van der Waals surface area contributed by atoms with Gasteiger partial charge >= 0.3 is 5.97 Å². The van der Waals surface area contributed by atoms with Crippen LogP contribution in [0.15, 0.2) is 12.4 Å². The molecule has 0 aromatic carbocycles. The minimum absolute atomic E-state index is 0.0927. The maximum Gasteiger partial charge on any atom is 0.341 e. The lowest BCUT2D eigenvalue weighted by molar-refractivity contribution is 0.0390. The molecule has 5 nitrogen and oxygen atoms in total. The molecule has 0 radical (unpaired) electrons. The van der Waals surface area contributed by atoms with Gasteiger partial charge < -0.3 is 9.47 Å². The van der Waals surface area contributed by atoms with Crippen LogP contribution in [0.3, 0.4) is 0 Å². The van der Waals surface area contributed by atoms with Crippen LogP contribution in [-0.2, 0) is 15.0 Å². The van der Waals surface area contributed by atoms with Crippen molar-refractivity contribution in [1.29, 1.82) is 0 Å². The Morgan fingerprint density at radius 1 is 1.50 bits per heavy atom. The molecule has 0 aliphatic heterocycles. The highest BCUT2D eigenvalue weighted by molar-refractivity contribution is 5.88. The number of hydrogen-bond donors (Lipinski definition) is 0. The van der Waals surface area contributed by atoms with Crippen LogP contribution < -0.4 is 0 Å². The summed E-state index contributed by atoms with van der Waals surface area (Å²) in [5.74, 6) is -0.339. The monoisotopic (exact) mass is 254 g/mol. The fourth-order valence-corrected chi connectivity index (χ4v) is 1.31. The SMILES string of the molecule is COC(C)CCOC(=O)c1cnn(C(C)(C)C)c1. The highest BCUT2D eigenvalue weighted by Gasteiger charge is 2.17. The molecule has 1 rings (SSSR count). The van der Waals surface area contributed by atoms with Gasteiger partial charge in [-0.2, -0.15) is 5.10 Å². The summed E-state index contributed by atoms with van der Waals surface area (Å²) in [5, 5.41) is 4.16. The molecular weight excluding hydrogens is 232 g/mol. The minimum Gasteiger partial charge on any atom is -0.462 e. The van der Waals surface area contributed by atoms with Crippen LogP contribution in [-0.4, -0.2) is 35.6 Å². The summed E-state index contributed by atoms with van der Waals surface area (Å²) in [6, 6.07) is 0. The third kappa shape index (κ3) is 4.14. The molecule has 0 spiro atoms. The Bertz CT molecular complexity index is 393. The Balaban J connectivity index is 2.50. The van der Waals surface area contributed by atoms with Crippen molar-refractivity contribution >= 4 is 5.97 Å². The first-order valence-corrected chi connectivity index (χ1v) is 6.09. The first kappa shape index (κ1) is 14.7. The third-order valence-electron chi connectivity index (χ3n) is 2.67. The number of rotatable bonds is 5. The van der Waals surface area contributed by atoms with Gasteiger partial charge in [0.15, 0.2) is 0 Å². The second-order valence-corrected chi connectivity index (χ2v) is 5.32. The van der Waals surface area contributed by atoms with E-state index in [-0.39, 0.29) is 17.6 Å². The Morgan fingerprint density at radius 3 is 2.67 bits per heavy atom. The van der Waals surface area contributed by atoms with Crippen LogP contribution in [0.1, 0.15) is 44.5 Å². The van der Waals surface area contributed by atoms with Crippen LogP contribution in [0.5, 0.6) is 0 Å². The summed E-state index contributed by atoms with van der Waals surface area (Å²) in [6.45, 7) is 8.36. The largest absolute Gasteiger partial charge is 0.462 e. The van der Waals surface area contributed by atoms with Gasteiger partial charge in [0, 0.05) is 19.7 Å². The van der Waals surface area contributed by atoms with Gasteiger partial charge in [0.1, 0.15) is 0 Å². The average Bonchev–Trinajstić information content (AvgIpc) is 2.77. The molecule has 5 heteroatoms. The number of esters is 1. The Labute approximate surface area is 108 Å². The molecule has 1 aromatic rings. The van der Waals surface area contributed by atoms with E-state index < -0.39 is 0 Å². The fraction of sp³-hybridized carbons (Fsp3) is 0.692. The molecule has 1 aromatic heterocycles. The summed E-state index contributed by atoms with van der Waals surface area (Å²) < 4.78 is 12.0. The standard InChI is InChI=1S/C13H22N2O3/c1-10(17-5)6-7-18-12(16)11-8-14-15(9-11)13(2,3)4/h8-10H,6-7H2,1-5H3. The third-order valence-corrected chi connectivity index (χ3v) is 2.67. The molecular formula is C13H22N2O3. The van der Waals surface area contributed by atoms with Crippen molar-refractivity contribution in [2.45, 2.75) is 45.8 Å². The second kappa shape index (κ2) is 6.00. The van der Waals surface area contributed by atoms with Crippen molar-refractivity contribution in [1.82, 2.24) is 9.78 Å². The summed E-state index contributed by atoms with van der Waals surface area (Å²) in [6.07, 6.45) is 4.03. The maximum atomic E-state index is 11.7. The van der Waals surface area contributed by atoms with Gasteiger partial charge in [0.05, 0.1) is 30.0 Å². The molecule has 1 atom stereocenters. The van der Waals surface area contributed by atoms with Crippen LogP contribution >= 0.6 is 0 Å². The number of nitrogens with zero attached hydrogens (tertiary/aromatic N) is 2. The lowest BCUT2D eigenvalue weighted by Crippen LogP contribution is -2.22. The smallest absolute Gasteiger partial charge is 0.341 e. The van der Waals surface area contributed by atoms with Gasteiger partial charge in [-0.3, -0.25) is 4.68 Å². The molecule has 1 heterocycles. The van der Waals surface area contributed by atoms with E-state index in [2.05, 4.69) is 5.10 Å². The minimum atomic E-state index is -0.339. The second-order valence-electron chi connectivity index (χ2n) is 5.32. The summed E-state index contributed by atoms with van der Waals surface area (Å²) in [4.78, 5) is 11.7. The predicted molar refractivity (Wildman–Crippen MR) is 68.6 cm³/mol. The Morgan fingerprint density at radius 2 is 2.17 bits per heavy atom. The first-order valence-electron chi connectivity index (χ1n) is 6.09. The van der Waals surface area contributed by atoms with Gasteiger partial charge in [-0.1, -0.05) is 0 Å². The molecule has 102 valence electrons. The van der Waals surface area contributed by atoms with Gasteiger partial charge in [-0.05, 0) is 27.7 Å². The van der Waals surface area contributed by atoms with Crippen LogP contribution in [0, 0.1) is 0 Å². The molecule has 0 aliphatic carbocycles. The highest BCUT2D eigenvalue weighted by atomic mass is 16.5. The molecule has 0 saturated heterocycles. The predicted octanol–water partition coefficient (Wildman–Crippen LogP) is 2.22. The van der Waals surface area contributed by atoms with Crippen molar-refractivity contribution in [2.75, 3.05) is 13.7 Å². The molecule has 18 heavy (non-hydrogen) atoms. The van der Waals surface area contributed by atoms with Gasteiger partial charge in [-0.25, -0.2) is 4.79 Å². The highest BCUT2D eigenvalue weighted by Crippen LogP contribution is 2.13. The number of ether oxygens (including phenoxy) is 2. The number of hydrogen-bond acceptors (Lipinski definition) is 4. The van der Waals surface area contributed by atoms with Gasteiger partial charge in [-0.15, -0.1) is 0 Å². The van der Waals surface area contributed by atoms with Gasteiger partial charge in [0.25, 0.3) is 0 Å². The number of carbonyl (C=O) groups is 1. The van der Waals surface area contributed by atoms with E-state index in [9.17, 15) is 4.79 Å². The molecule has 0 bridgehead atoms. The first-order chi connectivity index (χ1) is 8.34. The van der Waals surface area contributed by atoms with Crippen LogP contribution in [0.25, 0.3) is 0 Å². The fourth-order valence-electron chi connectivity index (χ4n) is 1.31. The summed E-state index contributed by atoms with van der Waals surface area (Å²) in [5.41, 5.74) is 0.346. The molecule has 0 amide bonds. The summed E-state index contributed by atoms with van der Waals surface area (Å²) >= 11 is 0. The maximum absolute atomic E-state index is 11.7. The average molecular weight is 254 g/mol. The van der Waals surface area contributed by atoms with Crippen molar-refractivity contribution in [3.8, 4) is 0 Å². The molecule has 0 saturated carbocycles. The van der Waals surface area contributed by atoms with E-state index >= 15 is 0 Å². The normalized spacial score (nSPS) is 13.4. The van der Waals surface area contributed by atoms with E-state index in [1.807, 2.05) is 27.7 Å². The molecule has 0 N–H and O–H groups in total. The zero-order valence-corrected chi connectivity index (χ0v) is 11.8. The summed E-state index contributed by atoms with van der Waals surface area (Å²) in [7, 11) is 1.64. The lowest BCUT2D eigenvalue weighted by Gasteiger charge is -2.18. The van der Waals surface area contributed by atoms with Crippen molar-refractivity contribution < 1.29 is 14.3 Å². The van der Waals surface area contributed by atoms with Gasteiger partial charge in [0.2, 0.25) is 0 Å². The number of methoxy groups -OCH3 is 1. The van der Waals surface area contributed by atoms with E-state index in [0.717, 1.165) is 0 Å². The van der Waals surface area contributed by atoms with Crippen LogP contribution in [0.2, 0.25) is 0 Å². The van der Waals surface area contributed by atoms with E-state index in [0.29, 0.717) is 18.6 Å². The van der Waals surface area contributed by atoms with Crippen molar-refractivity contribution in [3.63, 3.8) is 0 Å². The zero-order chi connectivity index (χ0) is 13.8. The van der Waals surface area contributed by atoms with E-state index in [1.165, 1.54) is 6.20 Å².